The molecule has 1 saturated carbocycles. The molecule has 0 radical (unpaired) electrons. The molecule has 1 aliphatic rings. The Labute approximate surface area is 111 Å². The van der Waals surface area contributed by atoms with Gasteiger partial charge < -0.3 is 15.5 Å². The molecule has 0 aromatic rings. The summed E-state index contributed by atoms with van der Waals surface area (Å²) in [6.07, 6.45) is 7.74. The van der Waals surface area contributed by atoms with Crippen molar-refractivity contribution in [1.82, 2.24) is 15.5 Å². The Morgan fingerprint density at radius 3 is 2.53 bits per heavy atom. The highest BCUT2D eigenvalue weighted by atomic mass is 32.1. The van der Waals surface area contributed by atoms with Crippen molar-refractivity contribution >= 4 is 17.3 Å². The van der Waals surface area contributed by atoms with E-state index in [1.807, 2.05) is 0 Å². The highest BCUT2D eigenvalue weighted by molar-refractivity contribution is 7.80. The first kappa shape index (κ1) is 14.7. The van der Waals surface area contributed by atoms with Crippen molar-refractivity contribution in [1.29, 1.82) is 0 Å². The van der Waals surface area contributed by atoms with Crippen LogP contribution in [0.2, 0.25) is 0 Å². The smallest absolute Gasteiger partial charge is 0.166 e. The van der Waals surface area contributed by atoms with Crippen molar-refractivity contribution < 1.29 is 0 Å². The standard InChI is InChI=1S/C13H27N3S/c1-11(9-10-16(2)3)14-13(17)15-12-7-5-4-6-8-12/h11-12H,4-10H2,1-3H3,(H2,14,15,17). The highest BCUT2D eigenvalue weighted by Crippen LogP contribution is 2.17. The Hall–Kier alpha value is -0.350. The van der Waals surface area contributed by atoms with Crippen molar-refractivity contribution in [3.05, 3.63) is 0 Å². The molecule has 0 amide bonds. The van der Waals surface area contributed by atoms with Crippen LogP contribution >= 0.6 is 12.2 Å². The number of hydrogen-bond acceptors (Lipinski definition) is 2. The van der Waals surface area contributed by atoms with Gasteiger partial charge in [-0.15, -0.1) is 0 Å². The molecule has 3 nitrogen and oxygen atoms in total. The van der Waals surface area contributed by atoms with Crippen molar-refractivity contribution in [3.8, 4) is 0 Å². The maximum absolute atomic E-state index is 5.36. The Morgan fingerprint density at radius 2 is 1.94 bits per heavy atom. The van der Waals surface area contributed by atoms with Crippen molar-refractivity contribution in [2.75, 3.05) is 20.6 Å². The zero-order chi connectivity index (χ0) is 12.7. The van der Waals surface area contributed by atoms with E-state index in [4.69, 9.17) is 12.2 Å². The summed E-state index contributed by atoms with van der Waals surface area (Å²) in [5, 5.41) is 7.66. The SMILES string of the molecule is CC(CCN(C)C)NC(=S)NC1CCCCC1. The molecule has 100 valence electrons. The zero-order valence-corrected chi connectivity index (χ0v) is 12.3. The normalized spacial score (nSPS) is 19.1. The molecule has 1 rings (SSSR count). The third-order valence-corrected chi connectivity index (χ3v) is 3.56. The van der Waals surface area contributed by atoms with E-state index in [2.05, 4.69) is 36.6 Å². The van der Waals surface area contributed by atoms with E-state index in [-0.39, 0.29) is 0 Å². The van der Waals surface area contributed by atoms with E-state index in [0.717, 1.165) is 18.1 Å². The summed E-state index contributed by atoms with van der Waals surface area (Å²) in [5.74, 6) is 0. The van der Waals surface area contributed by atoms with Crippen LogP contribution in [0.4, 0.5) is 0 Å². The Kier molecular flexibility index (Phi) is 6.82. The molecule has 4 heteroatoms. The lowest BCUT2D eigenvalue weighted by Crippen LogP contribution is -2.46. The molecule has 0 aromatic carbocycles. The summed E-state index contributed by atoms with van der Waals surface area (Å²) in [5.41, 5.74) is 0. The molecule has 0 saturated heterocycles. The van der Waals surface area contributed by atoms with Gasteiger partial charge in [0.1, 0.15) is 0 Å². The molecule has 0 aliphatic heterocycles. The lowest BCUT2D eigenvalue weighted by Gasteiger charge is -2.26. The Bertz CT molecular complexity index is 225. The maximum Gasteiger partial charge on any atom is 0.166 e. The van der Waals surface area contributed by atoms with E-state index in [1.165, 1.54) is 32.1 Å². The molecule has 2 N–H and O–H groups in total. The average Bonchev–Trinajstić information content (AvgIpc) is 2.27. The average molecular weight is 257 g/mol. The van der Waals surface area contributed by atoms with E-state index < -0.39 is 0 Å². The second-order valence-corrected chi connectivity index (χ2v) is 5.85. The quantitative estimate of drug-likeness (QED) is 0.738. The molecule has 0 aromatic heterocycles. The summed E-state index contributed by atoms with van der Waals surface area (Å²) in [6, 6.07) is 1.05. The molecule has 1 fully saturated rings. The summed E-state index contributed by atoms with van der Waals surface area (Å²) in [6.45, 7) is 3.29. The summed E-state index contributed by atoms with van der Waals surface area (Å²) < 4.78 is 0. The van der Waals surface area contributed by atoms with Gasteiger partial charge in [-0.05, 0) is 59.0 Å². The van der Waals surface area contributed by atoms with Crippen molar-refractivity contribution in [2.45, 2.75) is 57.5 Å². The minimum absolute atomic E-state index is 0.445. The van der Waals surface area contributed by atoms with Crippen LogP contribution in [-0.2, 0) is 0 Å². The monoisotopic (exact) mass is 257 g/mol. The lowest BCUT2D eigenvalue weighted by atomic mass is 9.96. The number of nitrogens with zero attached hydrogens (tertiary/aromatic N) is 1. The molecular weight excluding hydrogens is 230 g/mol. The Morgan fingerprint density at radius 1 is 1.29 bits per heavy atom. The molecule has 17 heavy (non-hydrogen) atoms. The van der Waals surface area contributed by atoms with Crippen LogP contribution in [0.1, 0.15) is 45.4 Å². The van der Waals surface area contributed by atoms with Gasteiger partial charge in [-0.2, -0.15) is 0 Å². The van der Waals surface area contributed by atoms with Crippen LogP contribution in [0.25, 0.3) is 0 Å². The highest BCUT2D eigenvalue weighted by Gasteiger charge is 2.14. The van der Waals surface area contributed by atoms with Gasteiger partial charge in [-0.25, -0.2) is 0 Å². The minimum Gasteiger partial charge on any atom is -0.360 e. The van der Waals surface area contributed by atoms with Gasteiger partial charge in [0.25, 0.3) is 0 Å². The van der Waals surface area contributed by atoms with Crippen LogP contribution < -0.4 is 10.6 Å². The van der Waals surface area contributed by atoms with Gasteiger partial charge in [0, 0.05) is 12.1 Å². The molecular formula is C13H27N3S. The molecule has 1 aliphatic carbocycles. The first-order chi connectivity index (χ1) is 8.08. The molecule has 0 bridgehead atoms. The largest absolute Gasteiger partial charge is 0.360 e. The van der Waals surface area contributed by atoms with E-state index >= 15 is 0 Å². The van der Waals surface area contributed by atoms with Crippen molar-refractivity contribution in [2.24, 2.45) is 0 Å². The van der Waals surface area contributed by atoms with Crippen LogP contribution in [0.5, 0.6) is 0 Å². The zero-order valence-electron chi connectivity index (χ0n) is 11.5. The van der Waals surface area contributed by atoms with Gasteiger partial charge >= 0.3 is 0 Å². The predicted octanol–water partition coefficient (Wildman–Crippen LogP) is 2.12. The number of nitrogens with one attached hydrogen (secondary N) is 2. The fourth-order valence-electron chi connectivity index (χ4n) is 2.22. The first-order valence-electron chi connectivity index (χ1n) is 6.79. The number of thiocarbonyl (C=S) groups is 1. The van der Waals surface area contributed by atoms with Gasteiger partial charge in [-0.1, -0.05) is 19.3 Å². The van der Waals surface area contributed by atoms with E-state index in [0.29, 0.717) is 12.1 Å². The summed E-state index contributed by atoms with van der Waals surface area (Å²) in [4.78, 5) is 2.20. The topological polar surface area (TPSA) is 27.3 Å². The van der Waals surface area contributed by atoms with E-state index in [9.17, 15) is 0 Å². The number of rotatable bonds is 5. The van der Waals surface area contributed by atoms with Crippen LogP contribution in [0.3, 0.4) is 0 Å². The third-order valence-electron chi connectivity index (χ3n) is 3.33. The number of hydrogen-bond donors (Lipinski definition) is 2. The van der Waals surface area contributed by atoms with Crippen LogP contribution in [0.15, 0.2) is 0 Å². The molecule has 0 heterocycles. The minimum atomic E-state index is 0.445. The summed E-state index contributed by atoms with van der Waals surface area (Å²) in [7, 11) is 4.20. The fourth-order valence-corrected chi connectivity index (χ4v) is 2.59. The maximum atomic E-state index is 5.36. The lowest BCUT2D eigenvalue weighted by molar-refractivity contribution is 0.375. The van der Waals surface area contributed by atoms with Gasteiger partial charge in [0.2, 0.25) is 0 Å². The first-order valence-corrected chi connectivity index (χ1v) is 7.20. The van der Waals surface area contributed by atoms with Gasteiger partial charge in [0.15, 0.2) is 5.11 Å². The van der Waals surface area contributed by atoms with Gasteiger partial charge in [0.05, 0.1) is 0 Å². The van der Waals surface area contributed by atoms with Gasteiger partial charge in [-0.3, -0.25) is 0 Å². The molecule has 1 atom stereocenters. The second-order valence-electron chi connectivity index (χ2n) is 5.45. The van der Waals surface area contributed by atoms with E-state index in [1.54, 1.807) is 0 Å². The fraction of sp³-hybridized carbons (Fsp3) is 0.923. The summed E-state index contributed by atoms with van der Waals surface area (Å²) >= 11 is 5.36. The second kappa shape index (κ2) is 7.88. The Balaban J connectivity index is 2.14. The van der Waals surface area contributed by atoms with Crippen molar-refractivity contribution in [3.63, 3.8) is 0 Å². The molecule has 0 spiro atoms. The van der Waals surface area contributed by atoms with Crippen LogP contribution in [0, 0.1) is 0 Å². The third kappa shape index (κ3) is 6.84. The van der Waals surface area contributed by atoms with Crippen LogP contribution in [-0.4, -0.2) is 42.7 Å². The predicted molar refractivity (Wildman–Crippen MR) is 78.4 cm³/mol. The molecule has 1 unspecified atom stereocenters.